The lowest BCUT2D eigenvalue weighted by Gasteiger charge is -2.29. The molecule has 19 heavy (non-hydrogen) atoms. The van der Waals surface area contributed by atoms with Gasteiger partial charge in [-0.25, -0.2) is 13.1 Å². The smallest absolute Gasteiger partial charge is 0.310 e. The van der Waals surface area contributed by atoms with E-state index in [4.69, 9.17) is 5.26 Å². The number of sulfonamides is 1. The second-order valence-corrected chi connectivity index (χ2v) is 6.86. The molecule has 0 heterocycles. The highest BCUT2D eigenvalue weighted by molar-refractivity contribution is 7.90. The summed E-state index contributed by atoms with van der Waals surface area (Å²) in [5, 5.41) is 7.91. The molecule has 0 unspecified atom stereocenters. The van der Waals surface area contributed by atoms with Crippen molar-refractivity contribution in [2.24, 2.45) is 11.8 Å². The average Bonchev–Trinajstić information content (AvgIpc) is 2.43. The van der Waals surface area contributed by atoms with Crippen molar-refractivity contribution in [3.63, 3.8) is 0 Å². The Labute approximate surface area is 114 Å². The quantitative estimate of drug-likeness (QED) is 0.755. The number of esters is 1. The number of hydrogen-bond acceptors (Lipinski definition) is 5. The van der Waals surface area contributed by atoms with Gasteiger partial charge in [-0.2, -0.15) is 5.26 Å². The number of methoxy groups -OCH3 is 1. The number of carbonyl (C=O) groups excluding carboxylic acids is 1. The second-order valence-electron chi connectivity index (χ2n) is 4.88. The maximum atomic E-state index is 12.2. The van der Waals surface area contributed by atoms with Crippen molar-refractivity contribution in [3.8, 4) is 6.07 Å². The molecule has 0 aromatic heterocycles. The molecule has 1 aliphatic rings. The zero-order chi connectivity index (χ0) is 14.5. The van der Waals surface area contributed by atoms with Crippen molar-refractivity contribution in [3.05, 3.63) is 0 Å². The Morgan fingerprint density at radius 1 is 1.47 bits per heavy atom. The minimum atomic E-state index is -3.59. The fourth-order valence-corrected chi connectivity index (χ4v) is 4.14. The maximum Gasteiger partial charge on any atom is 0.310 e. The van der Waals surface area contributed by atoms with Crippen molar-refractivity contribution >= 4 is 16.0 Å². The van der Waals surface area contributed by atoms with Crippen molar-refractivity contribution in [1.82, 2.24) is 4.72 Å². The highest BCUT2D eigenvalue weighted by Crippen LogP contribution is 2.30. The standard InChI is InChI=1S/C12H20N2O4S/c1-9(7-13)8-14-19(16,17)11-6-4-3-5-10(11)12(15)18-2/h9-11,14H,3-6,8H2,1-2H3/t9-,10-,11+/m1/s1. The number of nitrogens with zero attached hydrogens (tertiary/aromatic N) is 1. The van der Waals surface area contributed by atoms with Gasteiger partial charge in [0, 0.05) is 6.54 Å². The molecule has 0 aromatic rings. The average molecular weight is 288 g/mol. The fraction of sp³-hybridized carbons (Fsp3) is 0.833. The first kappa shape index (κ1) is 15.9. The lowest BCUT2D eigenvalue weighted by Crippen LogP contribution is -2.45. The van der Waals surface area contributed by atoms with Crippen LogP contribution in [0.25, 0.3) is 0 Å². The van der Waals surface area contributed by atoms with Crippen LogP contribution in [-0.4, -0.2) is 33.3 Å². The van der Waals surface area contributed by atoms with E-state index in [1.165, 1.54) is 7.11 Å². The van der Waals surface area contributed by atoms with Gasteiger partial charge in [0.1, 0.15) is 0 Å². The van der Waals surface area contributed by atoms with E-state index < -0.39 is 33.1 Å². The Bertz CT molecular complexity index is 455. The predicted molar refractivity (Wildman–Crippen MR) is 69.5 cm³/mol. The van der Waals surface area contributed by atoms with Gasteiger partial charge in [0.15, 0.2) is 0 Å². The second kappa shape index (κ2) is 6.87. The van der Waals surface area contributed by atoms with E-state index in [-0.39, 0.29) is 6.54 Å². The van der Waals surface area contributed by atoms with Crippen LogP contribution in [-0.2, 0) is 19.6 Å². The minimum absolute atomic E-state index is 0.0726. The van der Waals surface area contributed by atoms with E-state index in [2.05, 4.69) is 9.46 Å². The van der Waals surface area contributed by atoms with Crippen LogP contribution in [0.4, 0.5) is 0 Å². The van der Waals surface area contributed by atoms with E-state index in [9.17, 15) is 13.2 Å². The summed E-state index contributed by atoms with van der Waals surface area (Å²) in [6.45, 7) is 1.71. The van der Waals surface area contributed by atoms with E-state index in [1.54, 1.807) is 6.92 Å². The van der Waals surface area contributed by atoms with E-state index in [0.29, 0.717) is 12.8 Å². The Kier molecular flexibility index (Phi) is 5.76. The van der Waals surface area contributed by atoms with Gasteiger partial charge < -0.3 is 4.74 Å². The van der Waals surface area contributed by atoms with E-state index in [0.717, 1.165) is 12.8 Å². The molecule has 0 saturated heterocycles. The largest absolute Gasteiger partial charge is 0.469 e. The lowest BCUT2D eigenvalue weighted by atomic mass is 9.89. The van der Waals surface area contributed by atoms with Crippen LogP contribution < -0.4 is 4.72 Å². The van der Waals surface area contributed by atoms with Crippen LogP contribution in [0.1, 0.15) is 32.6 Å². The van der Waals surface area contributed by atoms with Crippen LogP contribution in [0.15, 0.2) is 0 Å². The van der Waals surface area contributed by atoms with Crippen LogP contribution in [0.3, 0.4) is 0 Å². The summed E-state index contributed by atoms with van der Waals surface area (Å²) in [5.74, 6) is -1.47. The van der Waals surface area contributed by atoms with Gasteiger partial charge in [-0.05, 0) is 19.8 Å². The van der Waals surface area contributed by atoms with Crippen LogP contribution >= 0.6 is 0 Å². The van der Waals surface area contributed by atoms with Gasteiger partial charge in [-0.3, -0.25) is 4.79 Å². The van der Waals surface area contributed by atoms with Crippen LogP contribution in [0, 0.1) is 23.2 Å². The molecule has 1 fully saturated rings. The number of rotatable bonds is 5. The lowest BCUT2D eigenvalue weighted by molar-refractivity contribution is -0.146. The highest BCUT2D eigenvalue weighted by atomic mass is 32.2. The molecule has 0 amide bonds. The van der Waals surface area contributed by atoms with Crippen LogP contribution in [0.2, 0.25) is 0 Å². The SMILES string of the molecule is COC(=O)[C@@H]1CCCC[C@@H]1S(=O)(=O)NC[C@H](C)C#N. The Morgan fingerprint density at radius 3 is 2.68 bits per heavy atom. The first-order valence-corrected chi connectivity index (χ1v) is 7.93. The minimum Gasteiger partial charge on any atom is -0.469 e. The molecule has 7 heteroatoms. The van der Waals surface area contributed by atoms with Gasteiger partial charge >= 0.3 is 5.97 Å². The third-order valence-corrected chi connectivity index (χ3v) is 5.35. The van der Waals surface area contributed by atoms with E-state index >= 15 is 0 Å². The molecule has 1 saturated carbocycles. The zero-order valence-corrected chi connectivity index (χ0v) is 12.1. The predicted octanol–water partition coefficient (Wildman–Crippen LogP) is 0.797. The molecule has 3 atom stereocenters. The molecule has 1 N–H and O–H groups in total. The van der Waals surface area contributed by atoms with E-state index in [1.807, 2.05) is 6.07 Å². The summed E-state index contributed by atoms with van der Waals surface area (Å²) in [6.07, 6.45) is 2.61. The maximum absolute atomic E-state index is 12.2. The van der Waals surface area contributed by atoms with Crippen LogP contribution in [0.5, 0.6) is 0 Å². The van der Waals surface area contributed by atoms with Gasteiger partial charge in [-0.15, -0.1) is 0 Å². The molecule has 1 rings (SSSR count). The molecule has 0 aromatic carbocycles. The number of hydrogen-bond donors (Lipinski definition) is 1. The first-order valence-electron chi connectivity index (χ1n) is 6.38. The molecule has 0 radical (unpaired) electrons. The third kappa shape index (κ3) is 4.18. The monoisotopic (exact) mass is 288 g/mol. The summed E-state index contributed by atoms with van der Waals surface area (Å²) in [4.78, 5) is 11.7. The third-order valence-electron chi connectivity index (χ3n) is 3.42. The van der Waals surface area contributed by atoms with Gasteiger partial charge in [0.25, 0.3) is 0 Å². The van der Waals surface area contributed by atoms with Crippen molar-refractivity contribution < 1.29 is 17.9 Å². The summed E-state index contributed by atoms with van der Waals surface area (Å²) in [6, 6.07) is 1.97. The number of nitriles is 1. The summed E-state index contributed by atoms with van der Waals surface area (Å²) in [5.41, 5.74) is 0. The molecule has 108 valence electrons. The zero-order valence-electron chi connectivity index (χ0n) is 11.3. The van der Waals surface area contributed by atoms with Crippen molar-refractivity contribution in [2.75, 3.05) is 13.7 Å². The summed E-state index contributed by atoms with van der Waals surface area (Å²) < 4.78 is 31.5. The normalized spacial score (nSPS) is 25.3. The summed E-state index contributed by atoms with van der Waals surface area (Å²) in [7, 11) is -2.33. The molecule has 0 bridgehead atoms. The van der Waals surface area contributed by atoms with Gasteiger partial charge in [0.2, 0.25) is 10.0 Å². The Hall–Kier alpha value is -1.13. The number of ether oxygens (including phenoxy) is 1. The summed E-state index contributed by atoms with van der Waals surface area (Å²) >= 11 is 0. The number of carbonyl (C=O) groups is 1. The highest BCUT2D eigenvalue weighted by Gasteiger charge is 2.40. The topological polar surface area (TPSA) is 96.3 Å². The Morgan fingerprint density at radius 2 is 2.11 bits per heavy atom. The molecule has 0 spiro atoms. The molecule has 1 aliphatic carbocycles. The number of nitrogens with one attached hydrogen (secondary N) is 1. The van der Waals surface area contributed by atoms with Gasteiger partial charge in [0.05, 0.1) is 30.3 Å². The van der Waals surface area contributed by atoms with Crippen molar-refractivity contribution in [1.29, 1.82) is 5.26 Å². The fourth-order valence-electron chi connectivity index (χ4n) is 2.28. The van der Waals surface area contributed by atoms with Crippen molar-refractivity contribution in [2.45, 2.75) is 37.9 Å². The van der Waals surface area contributed by atoms with Gasteiger partial charge in [-0.1, -0.05) is 12.8 Å². The molecule has 0 aliphatic heterocycles. The molecular formula is C12H20N2O4S. The molecular weight excluding hydrogens is 268 g/mol. The molecule has 6 nitrogen and oxygen atoms in total. The first-order chi connectivity index (χ1) is 8.92. The Balaban J connectivity index is 2.79.